The Morgan fingerprint density at radius 1 is 1.00 bits per heavy atom. The summed E-state index contributed by atoms with van der Waals surface area (Å²) in [5.74, 6) is -1.54. The first-order valence-corrected chi connectivity index (χ1v) is 9.21. The van der Waals surface area contributed by atoms with E-state index >= 15 is 0 Å². The van der Waals surface area contributed by atoms with Crippen molar-refractivity contribution < 1.29 is 14.7 Å². The number of aryl methyl sites for hydroxylation is 1. The van der Waals surface area contributed by atoms with E-state index in [4.69, 9.17) is 0 Å². The van der Waals surface area contributed by atoms with Crippen LogP contribution in [0.4, 0.5) is 0 Å². The van der Waals surface area contributed by atoms with Gasteiger partial charge in [0.05, 0.1) is 11.6 Å². The number of benzene rings is 1. The summed E-state index contributed by atoms with van der Waals surface area (Å²) in [5.41, 5.74) is 3.05. The Kier molecular flexibility index (Phi) is 4.91. The number of ketones is 1. The van der Waals surface area contributed by atoms with Gasteiger partial charge in [0.1, 0.15) is 5.76 Å². The fourth-order valence-corrected chi connectivity index (χ4v) is 3.61. The van der Waals surface area contributed by atoms with Crippen molar-refractivity contribution in [1.29, 1.82) is 0 Å². The number of pyridine rings is 2. The Balaban J connectivity index is 1.89. The summed E-state index contributed by atoms with van der Waals surface area (Å²) in [7, 11) is 0. The molecule has 2 aromatic heterocycles. The lowest BCUT2D eigenvalue weighted by Gasteiger charge is -2.26. The number of hydrogen-bond acceptors (Lipinski definition) is 5. The zero-order valence-corrected chi connectivity index (χ0v) is 15.8. The van der Waals surface area contributed by atoms with Crippen LogP contribution in [0.15, 0.2) is 78.9 Å². The van der Waals surface area contributed by atoms with Crippen LogP contribution in [0.3, 0.4) is 0 Å². The van der Waals surface area contributed by atoms with Crippen molar-refractivity contribution in [2.24, 2.45) is 0 Å². The predicted octanol–water partition coefficient (Wildman–Crippen LogP) is 3.41. The molecular weight excluding hydrogens is 366 g/mol. The average molecular weight is 385 g/mol. The molecule has 1 amide bonds. The smallest absolute Gasteiger partial charge is 0.295 e. The second kappa shape index (κ2) is 7.67. The maximum atomic E-state index is 13.0. The summed E-state index contributed by atoms with van der Waals surface area (Å²) in [4.78, 5) is 35.5. The molecular formula is C23H19N3O3. The number of rotatable bonds is 4. The van der Waals surface area contributed by atoms with Gasteiger partial charge in [0.2, 0.25) is 0 Å². The molecule has 144 valence electrons. The molecule has 29 heavy (non-hydrogen) atoms. The molecule has 1 aliphatic rings. The van der Waals surface area contributed by atoms with Crippen LogP contribution in [0.1, 0.15) is 28.3 Å². The van der Waals surface area contributed by atoms with Crippen LogP contribution in [0.2, 0.25) is 0 Å². The lowest BCUT2D eigenvalue weighted by molar-refractivity contribution is -0.140. The molecule has 3 aromatic rings. The standard InChI is InChI=1S/C23H19N3O3/c1-15-5-2-3-7-18(15)20-19(21(27)17-8-11-24-12-9-17)22(28)23(29)26(20)14-16-6-4-10-25-13-16/h2-13,20,27H,14H2,1H3/b21-19-. The van der Waals surface area contributed by atoms with E-state index in [2.05, 4.69) is 9.97 Å². The lowest BCUT2D eigenvalue weighted by Crippen LogP contribution is -2.29. The minimum absolute atomic E-state index is 0.0828. The topological polar surface area (TPSA) is 83.4 Å². The van der Waals surface area contributed by atoms with Crippen LogP contribution in [0, 0.1) is 6.92 Å². The lowest BCUT2D eigenvalue weighted by atomic mass is 9.92. The summed E-state index contributed by atoms with van der Waals surface area (Å²) in [5, 5.41) is 11.0. The number of carbonyl (C=O) groups excluding carboxylic acids is 2. The van der Waals surface area contributed by atoms with Crippen molar-refractivity contribution in [3.63, 3.8) is 0 Å². The van der Waals surface area contributed by atoms with Crippen molar-refractivity contribution in [2.45, 2.75) is 19.5 Å². The van der Waals surface area contributed by atoms with Gasteiger partial charge in [-0.05, 0) is 41.8 Å². The fraction of sp³-hybridized carbons (Fsp3) is 0.130. The van der Waals surface area contributed by atoms with E-state index in [1.807, 2.05) is 37.3 Å². The van der Waals surface area contributed by atoms with Gasteiger partial charge in [-0.2, -0.15) is 0 Å². The Hall–Kier alpha value is -3.80. The SMILES string of the molecule is Cc1ccccc1C1/C(=C(/O)c2ccncc2)C(=O)C(=O)N1Cc1cccnc1. The number of amides is 1. The first-order chi connectivity index (χ1) is 14.1. The Morgan fingerprint density at radius 2 is 1.76 bits per heavy atom. The van der Waals surface area contributed by atoms with Gasteiger partial charge in [0.15, 0.2) is 0 Å². The van der Waals surface area contributed by atoms with Gasteiger partial charge in [-0.1, -0.05) is 30.3 Å². The molecule has 1 atom stereocenters. The number of Topliss-reactive ketones (excluding diaryl/α,β-unsaturated/α-hetero) is 1. The Labute approximate surface area is 168 Å². The minimum Gasteiger partial charge on any atom is -0.507 e. The van der Waals surface area contributed by atoms with E-state index in [0.717, 1.165) is 16.7 Å². The van der Waals surface area contributed by atoms with Crippen molar-refractivity contribution in [3.05, 3.63) is 101 Å². The molecule has 1 fully saturated rings. The molecule has 1 aromatic carbocycles. The van der Waals surface area contributed by atoms with Crippen molar-refractivity contribution >= 4 is 17.4 Å². The third-order valence-electron chi connectivity index (χ3n) is 5.05. The van der Waals surface area contributed by atoms with E-state index < -0.39 is 17.7 Å². The van der Waals surface area contributed by atoms with Gasteiger partial charge >= 0.3 is 0 Å². The molecule has 0 saturated carbocycles. The average Bonchev–Trinajstić information content (AvgIpc) is 3.00. The molecule has 0 bridgehead atoms. The third-order valence-corrected chi connectivity index (χ3v) is 5.05. The van der Waals surface area contributed by atoms with E-state index in [1.165, 1.54) is 17.3 Å². The molecule has 1 unspecified atom stereocenters. The van der Waals surface area contributed by atoms with Gasteiger partial charge < -0.3 is 10.0 Å². The predicted molar refractivity (Wildman–Crippen MR) is 107 cm³/mol. The molecule has 4 rings (SSSR count). The second-order valence-electron chi connectivity index (χ2n) is 6.88. The Morgan fingerprint density at radius 3 is 2.45 bits per heavy atom. The molecule has 1 saturated heterocycles. The van der Waals surface area contributed by atoms with Gasteiger partial charge in [0.25, 0.3) is 11.7 Å². The normalized spacial score (nSPS) is 18.2. The summed E-state index contributed by atoms with van der Waals surface area (Å²) < 4.78 is 0. The molecule has 1 aliphatic heterocycles. The molecule has 3 heterocycles. The van der Waals surface area contributed by atoms with E-state index in [-0.39, 0.29) is 17.9 Å². The van der Waals surface area contributed by atoms with Gasteiger partial charge in [0, 0.05) is 36.9 Å². The molecule has 0 spiro atoms. The highest BCUT2D eigenvalue weighted by Gasteiger charge is 2.46. The number of likely N-dealkylation sites (tertiary alicyclic amines) is 1. The fourth-order valence-electron chi connectivity index (χ4n) is 3.61. The van der Waals surface area contributed by atoms with E-state index in [9.17, 15) is 14.7 Å². The number of carbonyl (C=O) groups is 2. The zero-order chi connectivity index (χ0) is 20.4. The number of nitrogens with zero attached hydrogens (tertiary/aromatic N) is 3. The number of aliphatic hydroxyl groups excluding tert-OH is 1. The maximum Gasteiger partial charge on any atom is 0.295 e. The van der Waals surface area contributed by atoms with Crippen LogP contribution in [0.25, 0.3) is 5.76 Å². The van der Waals surface area contributed by atoms with E-state index in [1.54, 1.807) is 30.6 Å². The Bertz CT molecular complexity index is 1090. The van der Waals surface area contributed by atoms with Crippen molar-refractivity contribution in [3.8, 4) is 0 Å². The van der Waals surface area contributed by atoms with Crippen molar-refractivity contribution in [2.75, 3.05) is 0 Å². The maximum absolute atomic E-state index is 13.0. The highest BCUT2D eigenvalue weighted by molar-refractivity contribution is 6.46. The highest BCUT2D eigenvalue weighted by Crippen LogP contribution is 2.41. The zero-order valence-electron chi connectivity index (χ0n) is 15.8. The quantitative estimate of drug-likeness (QED) is 0.423. The summed E-state index contributed by atoms with van der Waals surface area (Å²) in [6, 6.07) is 13.7. The van der Waals surface area contributed by atoms with Gasteiger partial charge in [-0.15, -0.1) is 0 Å². The largest absolute Gasteiger partial charge is 0.507 e. The number of aliphatic hydroxyl groups is 1. The second-order valence-corrected chi connectivity index (χ2v) is 6.88. The van der Waals surface area contributed by atoms with Crippen LogP contribution in [-0.4, -0.2) is 31.7 Å². The molecule has 6 nitrogen and oxygen atoms in total. The summed E-state index contributed by atoms with van der Waals surface area (Å²) >= 11 is 0. The molecule has 0 aliphatic carbocycles. The third kappa shape index (κ3) is 3.40. The monoisotopic (exact) mass is 385 g/mol. The number of aromatic nitrogens is 2. The summed E-state index contributed by atoms with van der Waals surface area (Å²) in [6.45, 7) is 2.14. The first-order valence-electron chi connectivity index (χ1n) is 9.21. The van der Waals surface area contributed by atoms with Crippen molar-refractivity contribution in [1.82, 2.24) is 14.9 Å². The highest BCUT2D eigenvalue weighted by atomic mass is 16.3. The molecule has 1 N–H and O–H groups in total. The van der Waals surface area contributed by atoms with Crippen LogP contribution in [-0.2, 0) is 16.1 Å². The number of hydrogen-bond donors (Lipinski definition) is 1. The van der Waals surface area contributed by atoms with Crippen LogP contribution < -0.4 is 0 Å². The van der Waals surface area contributed by atoms with Gasteiger partial charge in [-0.25, -0.2) is 0 Å². The van der Waals surface area contributed by atoms with Crippen LogP contribution in [0.5, 0.6) is 0 Å². The summed E-state index contributed by atoms with van der Waals surface area (Å²) in [6.07, 6.45) is 6.38. The van der Waals surface area contributed by atoms with Crippen LogP contribution >= 0.6 is 0 Å². The van der Waals surface area contributed by atoms with Gasteiger partial charge in [-0.3, -0.25) is 19.6 Å². The molecule has 6 heteroatoms. The first kappa shape index (κ1) is 18.6. The van der Waals surface area contributed by atoms with E-state index in [0.29, 0.717) is 5.56 Å². The molecule has 0 radical (unpaired) electrons. The minimum atomic E-state index is -0.698.